The lowest BCUT2D eigenvalue weighted by Crippen LogP contribution is -2.53. The van der Waals surface area contributed by atoms with Crippen molar-refractivity contribution in [2.75, 3.05) is 13.1 Å². The lowest BCUT2D eigenvalue weighted by atomic mass is 10.0. The summed E-state index contributed by atoms with van der Waals surface area (Å²) in [7, 11) is -3.86. The second-order valence-electron chi connectivity index (χ2n) is 9.25. The van der Waals surface area contributed by atoms with Crippen LogP contribution < -0.4 is 10.0 Å². The number of benzene rings is 2. The third kappa shape index (κ3) is 6.02. The van der Waals surface area contributed by atoms with E-state index in [1.165, 1.54) is 16.9 Å². The average Bonchev–Trinajstić information content (AvgIpc) is 3.18. The monoisotopic (exact) mass is 500 g/mol. The molecule has 9 heteroatoms. The molecular formula is C25H32N4O3S2. The summed E-state index contributed by atoms with van der Waals surface area (Å²) in [5.74, 6) is -0.461. The highest BCUT2D eigenvalue weighted by Crippen LogP contribution is 2.25. The van der Waals surface area contributed by atoms with Gasteiger partial charge >= 0.3 is 0 Å². The van der Waals surface area contributed by atoms with Gasteiger partial charge in [-0.05, 0) is 49.4 Å². The molecule has 0 bridgehead atoms. The number of aryl methyl sites for hydroxylation is 1. The van der Waals surface area contributed by atoms with Crippen LogP contribution in [0.4, 0.5) is 0 Å². The molecule has 1 fully saturated rings. The Kier molecular flexibility index (Phi) is 7.67. The van der Waals surface area contributed by atoms with Crippen molar-refractivity contribution >= 4 is 37.5 Å². The summed E-state index contributed by atoms with van der Waals surface area (Å²) in [6.45, 7) is 8.29. The van der Waals surface area contributed by atoms with Crippen LogP contribution in [0.3, 0.4) is 0 Å². The molecule has 2 aromatic carbocycles. The molecule has 0 radical (unpaired) electrons. The molecule has 1 amide bonds. The van der Waals surface area contributed by atoms with Crippen molar-refractivity contribution < 1.29 is 13.2 Å². The van der Waals surface area contributed by atoms with Gasteiger partial charge in [0.1, 0.15) is 6.04 Å². The number of hydrogen-bond donors (Lipinski definition) is 2. The number of thiazole rings is 1. The molecule has 182 valence electrons. The molecule has 1 atom stereocenters. The summed E-state index contributed by atoms with van der Waals surface area (Å²) in [5, 5.41) is 3.97. The van der Waals surface area contributed by atoms with Crippen LogP contribution in [0, 0.1) is 12.8 Å². The van der Waals surface area contributed by atoms with Crippen molar-refractivity contribution in [2.45, 2.75) is 57.1 Å². The predicted octanol–water partition coefficient (Wildman–Crippen LogP) is 3.69. The first-order valence-corrected chi connectivity index (χ1v) is 14.0. The summed E-state index contributed by atoms with van der Waals surface area (Å²) in [5.41, 5.74) is 2.06. The van der Waals surface area contributed by atoms with Crippen molar-refractivity contribution in [3.05, 3.63) is 59.1 Å². The third-order valence-corrected chi connectivity index (χ3v) is 8.56. The highest BCUT2D eigenvalue weighted by molar-refractivity contribution is 7.89. The number of aromatic nitrogens is 1. The zero-order valence-corrected chi connectivity index (χ0v) is 21.5. The molecule has 1 aliphatic rings. The van der Waals surface area contributed by atoms with Gasteiger partial charge in [0.15, 0.2) is 0 Å². The van der Waals surface area contributed by atoms with Crippen LogP contribution >= 0.6 is 11.3 Å². The molecular weight excluding hydrogens is 468 g/mol. The molecule has 0 saturated carbocycles. The van der Waals surface area contributed by atoms with Crippen LogP contribution in [0.2, 0.25) is 0 Å². The summed E-state index contributed by atoms with van der Waals surface area (Å²) in [6.07, 6.45) is 1.69. The Morgan fingerprint density at radius 3 is 2.53 bits per heavy atom. The number of carbonyl (C=O) groups excluding carboxylic acids is 1. The van der Waals surface area contributed by atoms with E-state index in [0.717, 1.165) is 47.7 Å². The highest BCUT2D eigenvalue weighted by atomic mass is 32.2. The van der Waals surface area contributed by atoms with E-state index in [1.54, 1.807) is 18.2 Å². The number of sulfonamides is 1. The summed E-state index contributed by atoms with van der Waals surface area (Å²) in [6, 6.07) is 14.4. The number of hydrogen-bond acceptors (Lipinski definition) is 6. The quantitative estimate of drug-likeness (QED) is 0.492. The highest BCUT2D eigenvalue weighted by Gasteiger charge is 2.31. The SMILES string of the molecule is Cc1nc2ccc(S(=O)(=O)N[C@@H](C(=O)NC3CCN(Cc4ccccc4)CC3)C(C)C)cc2s1. The van der Waals surface area contributed by atoms with Gasteiger partial charge in [-0.15, -0.1) is 11.3 Å². The standard InChI is InChI=1S/C25H32N4O3S2/c1-17(2)24(28-34(31,32)21-9-10-22-23(15-21)33-18(3)26-22)25(30)27-20-11-13-29(14-12-20)16-19-7-5-4-6-8-19/h4-10,15,17,20,24,28H,11-14,16H2,1-3H3,(H,27,30)/t24-/m1/s1. The zero-order chi connectivity index (χ0) is 24.3. The van der Waals surface area contributed by atoms with E-state index in [-0.39, 0.29) is 22.8 Å². The molecule has 0 spiro atoms. The molecule has 1 aromatic heterocycles. The van der Waals surface area contributed by atoms with E-state index in [1.807, 2.05) is 39.0 Å². The summed E-state index contributed by atoms with van der Waals surface area (Å²) < 4.78 is 29.7. The van der Waals surface area contributed by atoms with Crippen LogP contribution in [0.15, 0.2) is 53.4 Å². The molecule has 1 aliphatic heterocycles. The Bertz CT molecular complexity index is 1230. The van der Waals surface area contributed by atoms with Gasteiger partial charge in [-0.1, -0.05) is 44.2 Å². The summed E-state index contributed by atoms with van der Waals surface area (Å²) >= 11 is 1.45. The minimum absolute atomic E-state index is 0.0433. The number of piperidine rings is 1. The molecule has 2 N–H and O–H groups in total. The van der Waals surface area contributed by atoms with Gasteiger partial charge in [0, 0.05) is 25.7 Å². The van der Waals surface area contributed by atoms with Gasteiger partial charge in [-0.2, -0.15) is 4.72 Å². The van der Waals surface area contributed by atoms with E-state index < -0.39 is 16.1 Å². The molecule has 34 heavy (non-hydrogen) atoms. The molecule has 0 aliphatic carbocycles. The van der Waals surface area contributed by atoms with Crippen molar-refractivity contribution in [2.24, 2.45) is 5.92 Å². The molecule has 1 saturated heterocycles. The number of likely N-dealkylation sites (tertiary alicyclic amines) is 1. The Balaban J connectivity index is 1.36. The van der Waals surface area contributed by atoms with E-state index in [0.29, 0.717) is 0 Å². The fourth-order valence-electron chi connectivity index (χ4n) is 4.28. The first-order valence-electron chi connectivity index (χ1n) is 11.7. The first kappa shape index (κ1) is 24.8. The van der Waals surface area contributed by atoms with Crippen molar-refractivity contribution in [1.82, 2.24) is 19.9 Å². The maximum absolute atomic E-state index is 13.1. The van der Waals surface area contributed by atoms with Crippen LogP contribution in [0.1, 0.15) is 37.3 Å². The normalized spacial score (nSPS) is 16.7. The topological polar surface area (TPSA) is 91.4 Å². The van der Waals surface area contributed by atoms with Gasteiger partial charge in [0.05, 0.1) is 20.1 Å². The lowest BCUT2D eigenvalue weighted by molar-refractivity contribution is -0.124. The predicted molar refractivity (Wildman–Crippen MR) is 136 cm³/mol. The Morgan fingerprint density at radius 1 is 1.15 bits per heavy atom. The van der Waals surface area contributed by atoms with E-state index in [4.69, 9.17) is 0 Å². The van der Waals surface area contributed by atoms with E-state index in [9.17, 15) is 13.2 Å². The fourth-order valence-corrected chi connectivity index (χ4v) is 6.59. The van der Waals surface area contributed by atoms with Crippen LogP contribution in [0.25, 0.3) is 10.2 Å². The number of fused-ring (bicyclic) bond motifs is 1. The first-order chi connectivity index (χ1) is 16.2. The maximum atomic E-state index is 13.1. The van der Waals surface area contributed by atoms with Gasteiger partial charge in [-0.3, -0.25) is 9.69 Å². The van der Waals surface area contributed by atoms with Crippen molar-refractivity contribution in [3.8, 4) is 0 Å². The lowest BCUT2D eigenvalue weighted by Gasteiger charge is -2.33. The van der Waals surface area contributed by atoms with Gasteiger partial charge in [-0.25, -0.2) is 13.4 Å². The number of nitrogens with one attached hydrogen (secondary N) is 2. The molecule has 2 heterocycles. The largest absolute Gasteiger partial charge is 0.352 e. The number of carbonyl (C=O) groups is 1. The second-order valence-corrected chi connectivity index (χ2v) is 12.2. The Morgan fingerprint density at radius 2 is 1.85 bits per heavy atom. The fraction of sp³-hybridized carbons (Fsp3) is 0.440. The van der Waals surface area contributed by atoms with Crippen molar-refractivity contribution in [3.63, 3.8) is 0 Å². The van der Waals surface area contributed by atoms with E-state index >= 15 is 0 Å². The van der Waals surface area contributed by atoms with Crippen LogP contribution in [-0.2, 0) is 21.4 Å². The molecule has 0 unspecified atom stereocenters. The summed E-state index contributed by atoms with van der Waals surface area (Å²) in [4.78, 5) is 20.0. The van der Waals surface area contributed by atoms with Gasteiger partial charge in [0.2, 0.25) is 15.9 Å². The molecule has 4 rings (SSSR count). The van der Waals surface area contributed by atoms with Crippen molar-refractivity contribution in [1.29, 1.82) is 0 Å². The minimum Gasteiger partial charge on any atom is -0.352 e. The smallest absolute Gasteiger partial charge is 0.241 e. The second kappa shape index (κ2) is 10.5. The van der Waals surface area contributed by atoms with Crippen LogP contribution in [-0.4, -0.2) is 49.4 Å². The number of rotatable bonds is 8. The number of amides is 1. The molecule has 3 aromatic rings. The van der Waals surface area contributed by atoms with E-state index in [2.05, 4.69) is 32.1 Å². The average molecular weight is 501 g/mol. The molecule has 7 nitrogen and oxygen atoms in total. The third-order valence-electron chi connectivity index (χ3n) is 6.19. The zero-order valence-electron chi connectivity index (χ0n) is 19.8. The van der Waals surface area contributed by atoms with Gasteiger partial charge in [0.25, 0.3) is 0 Å². The maximum Gasteiger partial charge on any atom is 0.241 e. The Labute approximate surface area is 205 Å². The number of nitrogens with zero attached hydrogens (tertiary/aromatic N) is 2. The van der Waals surface area contributed by atoms with Crippen LogP contribution in [0.5, 0.6) is 0 Å². The van der Waals surface area contributed by atoms with Gasteiger partial charge < -0.3 is 5.32 Å². The minimum atomic E-state index is -3.86. The Hall–Kier alpha value is -2.33.